The number of ketones is 1. The number of hydrogen-bond acceptors (Lipinski definition) is 4. The number of nitrogens with one attached hydrogen (secondary N) is 1. The van der Waals surface area contributed by atoms with Crippen LogP contribution in [0.5, 0.6) is 0 Å². The van der Waals surface area contributed by atoms with Gasteiger partial charge in [0.05, 0.1) is 0 Å². The molecule has 33 heavy (non-hydrogen) atoms. The van der Waals surface area contributed by atoms with Crippen molar-refractivity contribution in [2.75, 3.05) is 13.1 Å². The third-order valence-corrected chi connectivity index (χ3v) is 5.99. The predicted molar refractivity (Wildman–Crippen MR) is 131 cm³/mol. The molecule has 3 N–H and O–H groups in total. The molecule has 7 heteroatoms. The summed E-state index contributed by atoms with van der Waals surface area (Å²) in [5.41, 5.74) is 5.88. The largest absolute Gasteiger partial charge is 0.478 e. The van der Waals surface area contributed by atoms with Crippen LogP contribution in [0.25, 0.3) is 16.5 Å². The Hall–Kier alpha value is -3.19. The van der Waals surface area contributed by atoms with Crippen LogP contribution in [0.4, 0.5) is 0 Å². The zero-order chi connectivity index (χ0) is 24.7. The van der Waals surface area contributed by atoms with E-state index in [4.69, 9.17) is 10.2 Å². The van der Waals surface area contributed by atoms with Gasteiger partial charge in [-0.1, -0.05) is 19.9 Å². The average Bonchev–Trinajstić information content (AvgIpc) is 3.11. The normalized spacial score (nSPS) is 15.3. The predicted octanol–water partition coefficient (Wildman–Crippen LogP) is 4.91. The fraction of sp³-hybridized carbons (Fsp3) is 0.423. The standard InChI is InChI=1S/C22H30N2O.C4H4O4/c1-6-15(4)22(25)18-7-8-20-19(13-18)21(16(5)23-20)17-9-11-24(12-10-17)14(2)3;5-3(6)1-2-4(7)8/h7-9,13-15,23H,6,10-12H2,1-5H3;1-2H,(H,5,6)(H,7,8)/b;2-1+. The maximum atomic E-state index is 12.6. The van der Waals surface area contributed by atoms with Gasteiger partial charge in [0.2, 0.25) is 0 Å². The molecule has 0 amide bonds. The quantitative estimate of drug-likeness (QED) is 0.405. The SMILES string of the molecule is CCC(C)C(=O)c1ccc2[nH]c(C)c(C3=CCN(C(C)C)CC3)c2c1.O=C(O)/C=C/C(=O)O. The lowest BCUT2D eigenvalue weighted by Gasteiger charge is -2.29. The number of carboxylic acid groups (broad SMARTS) is 2. The molecule has 0 saturated heterocycles. The lowest BCUT2D eigenvalue weighted by molar-refractivity contribution is -0.134. The van der Waals surface area contributed by atoms with Crippen LogP contribution in [0.2, 0.25) is 0 Å². The second kappa shape index (κ2) is 11.6. The van der Waals surface area contributed by atoms with Crippen LogP contribution >= 0.6 is 0 Å². The zero-order valence-corrected chi connectivity index (χ0v) is 20.0. The Morgan fingerprint density at radius 2 is 1.76 bits per heavy atom. The van der Waals surface area contributed by atoms with Crippen LogP contribution in [-0.2, 0) is 9.59 Å². The van der Waals surface area contributed by atoms with Gasteiger partial charge in [0.25, 0.3) is 0 Å². The Labute approximate surface area is 194 Å². The molecular weight excluding hydrogens is 420 g/mol. The summed E-state index contributed by atoms with van der Waals surface area (Å²) >= 11 is 0. The van der Waals surface area contributed by atoms with E-state index in [1.165, 1.54) is 22.2 Å². The second-order valence-electron chi connectivity index (χ2n) is 8.64. The number of rotatable bonds is 7. The van der Waals surface area contributed by atoms with Crippen LogP contribution in [0.3, 0.4) is 0 Å². The van der Waals surface area contributed by atoms with Crippen molar-refractivity contribution in [2.45, 2.75) is 53.5 Å². The molecule has 1 aromatic heterocycles. The van der Waals surface area contributed by atoms with Crippen molar-refractivity contribution in [1.82, 2.24) is 9.88 Å². The number of H-pyrrole nitrogens is 1. The molecule has 2 aromatic rings. The number of aromatic amines is 1. The molecule has 1 aliphatic heterocycles. The van der Waals surface area contributed by atoms with Crippen LogP contribution in [0, 0.1) is 12.8 Å². The third kappa shape index (κ3) is 6.89. The number of carbonyl (C=O) groups is 3. The van der Waals surface area contributed by atoms with E-state index in [9.17, 15) is 14.4 Å². The summed E-state index contributed by atoms with van der Waals surface area (Å²) in [6.45, 7) is 12.8. The van der Waals surface area contributed by atoms with E-state index in [2.05, 4.69) is 55.8 Å². The Morgan fingerprint density at radius 1 is 1.12 bits per heavy atom. The number of nitrogens with zero attached hydrogens (tertiary/aromatic N) is 1. The van der Waals surface area contributed by atoms with Gasteiger partial charge in [0.15, 0.2) is 5.78 Å². The van der Waals surface area contributed by atoms with E-state index in [1.807, 2.05) is 13.0 Å². The Bertz CT molecular complexity index is 1060. The highest BCUT2D eigenvalue weighted by Crippen LogP contribution is 2.33. The molecule has 0 bridgehead atoms. The van der Waals surface area contributed by atoms with Crippen LogP contribution < -0.4 is 0 Å². The van der Waals surface area contributed by atoms with Gasteiger partial charge in [0.1, 0.15) is 0 Å². The maximum absolute atomic E-state index is 12.6. The summed E-state index contributed by atoms with van der Waals surface area (Å²) in [6, 6.07) is 6.71. The Morgan fingerprint density at radius 3 is 2.24 bits per heavy atom. The van der Waals surface area contributed by atoms with Crippen molar-refractivity contribution in [2.24, 2.45) is 5.92 Å². The first-order valence-electron chi connectivity index (χ1n) is 11.3. The minimum Gasteiger partial charge on any atom is -0.478 e. The van der Waals surface area contributed by atoms with Gasteiger partial charge in [-0.3, -0.25) is 9.69 Å². The van der Waals surface area contributed by atoms with Crippen LogP contribution in [0.1, 0.15) is 62.2 Å². The van der Waals surface area contributed by atoms with E-state index < -0.39 is 11.9 Å². The van der Waals surface area contributed by atoms with Gasteiger partial charge in [-0.2, -0.15) is 0 Å². The molecule has 2 heterocycles. The smallest absolute Gasteiger partial charge is 0.328 e. The van der Waals surface area contributed by atoms with Crippen molar-refractivity contribution < 1.29 is 24.6 Å². The highest BCUT2D eigenvalue weighted by molar-refractivity contribution is 6.03. The minimum atomic E-state index is -1.26. The number of aliphatic carboxylic acids is 2. The summed E-state index contributed by atoms with van der Waals surface area (Å²) in [5, 5.41) is 16.8. The number of benzene rings is 1. The maximum Gasteiger partial charge on any atom is 0.328 e. The molecule has 0 radical (unpaired) electrons. The van der Waals surface area contributed by atoms with E-state index in [-0.39, 0.29) is 11.7 Å². The van der Waals surface area contributed by atoms with Gasteiger partial charge in [-0.15, -0.1) is 0 Å². The summed E-state index contributed by atoms with van der Waals surface area (Å²) in [7, 11) is 0. The van der Waals surface area contributed by atoms with Crippen LogP contribution in [0.15, 0.2) is 36.4 Å². The molecule has 1 aliphatic rings. The Kier molecular flexibility index (Phi) is 9.17. The summed E-state index contributed by atoms with van der Waals surface area (Å²) in [4.78, 5) is 37.7. The number of fused-ring (bicyclic) bond motifs is 1. The number of hydrogen-bond donors (Lipinski definition) is 3. The number of Topliss-reactive ketones (excluding diaryl/α,β-unsaturated/α-hetero) is 1. The fourth-order valence-electron chi connectivity index (χ4n) is 3.89. The van der Waals surface area contributed by atoms with Gasteiger partial charge in [-0.25, -0.2) is 9.59 Å². The number of carboxylic acids is 2. The Balaban J connectivity index is 0.000000414. The summed E-state index contributed by atoms with van der Waals surface area (Å²) < 4.78 is 0. The molecule has 1 atom stereocenters. The molecule has 1 aromatic carbocycles. The molecule has 3 rings (SSSR count). The molecular formula is C26H34N2O5. The van der Waals surface area contributed by atoms with E-state index >= 15 is 0 Å². The summed E-state index contributed by atoms with van der Waals surface area (Å²) in [6.07, 6.45) is 5.43. The number of aryl methyl sites for hydroxylation is 1. The van der Waals surface area contributed by atoms with E-state index in [0.717, 1.165) is 37.0 Å². The van der Waals surface area contributed by atoms with Crippen molar-refractivity contribution >= 4 is 34.2 Å². The second-order valence-corrected chi connectivity index (χ2v) is 8.64. The third-order valence-electron chi connectivity index (χ3n) is 5.99. The lowest BCUT2D eigenvalue weighted by atomic mass is 9.93. The molecule has 178 valence electrons. The van der Waals surface area contributed by atoms with E-state index in [1.54, 1.807) is 0 Å². The monoisotopic (exact) mass is 454 g/mol. The zero-order valence-electron chi connectivity index (χ0n) is 20.0. The number of carbonyl (C=O) groups excluding carboxylic acids is 1. The van der Waals surface area contributed by atoms with Gasteiger partial charge in [-0.05, 0) is 57.4 Å². The van der Waals surface area contributed by atoms with Gasteiger partial charge in [0, 0.05) is 64.9 Å². The highest BCUT2D eigenvalue weighted by atomic mass is 16.4. The first kappa shape index (κ1) is 26.1. The topological polar surface area (TPSA) is 111 Å². The van der Waals surface area contributed by atoms with Crippen molar-refractivity contribution in [3.63, 3.8) is 0 Å². The van der Waals surface area contributed by atoms with E-state index in [0.29, 0.717) is 18.2 Å². The van der Waals surface area contributed by atoms with Crippen molar-refractivity contribution in [1.29, 1.82) is 0 Å². The fourth-order valence-corrected chi connectivity index (χ4v) is 3.89. The molecule has 1 unspecified atom stereocenters. The first-order chi connectivity index (χ1) is 15.5. The van der Waals surface area contributed by atoms with Gasteiger partial charge >= 0.3 is 11.9 Å². The molecule has 0 spiro atoms. The lowest BCUT2D eigenvalue weighted by Crippen LogP contribution is -2.34. The molecule has 0 fully saturated rings. The first-order valence-corrected chi connectivity index (χ1v) is 11.3. The minimum absolute atomic E-state index is 0.0782. The van der Waals surface area contributed by atoms with Gasteiger partial charge < -0.3 is 15.2 Å². The molecule has 0 saturated carbocycles. The van der Waals surface area contributed by atoms with Crippen molar-refractivity contribution in [3.05, 3.63) is 53.2 Å². The average molecular weight is 455 g/mol. The van der Waals surface area contributed by atoms with Crippen LogP contribution in [-0.4, -0.2) is 57.0 Å². The summed E-state index contributed by atoms with van der Waals surface area (Å²) in [5.74, 6) is -2.19. The molecule has 7 nitrogen and oxygen atoms in total. The molecule has 0 aliphatic carbocycles. The van der Waals surface area contributed by atoms with Crippen molar-refractivity contribution in [3.8, 4) is 0 Å². The highest BCUT2D eigenvalue weighted by Gasteiger charge is 2.20. The number of aromatic nitrogens is 1.